The molecule has 224 valence electrons. The number of aryl methyl sites for hydroxylation is 4. The highest BCUT2D eigenvalue weighted by molar-refractivity contribution is 5.98. The van der Waals surface area contributed by atoms with Crippen LogP contribution in [0.3, 0.4) is 0 Å². The number of carbonyl (C=O) groups is 1. The molecule has 0 atom stereocenters. The first kappa shape index (κ1) is 35.9. The predicted molar refractivity (Wildman–Crippen MR) is 171 cm³/mol. The molecule has 7 nitrogen and oxygen atoms in total. The van der Waals surface area contributed by atoms with Crippen LogP contribution in [0.15, 0.2) is 90.1 Å². The Kier molecular flexibility index (Phi) is 15.6. The van der Waals surface area contributed by atoms with Crippen LogP contribution < -0.4 is 5.90 Å². The summed E-state index contributed by atoms with van der Waals surface area (Å²) < 4.78 is 0. The molecule has 0 radical (unpaired) electrons. The number of carbonyl (C=O) groups excluding carboxylic acids is 1. The first-order valence-electron chi connectivity index (χ1n) is 13.2. The van der Waals surface area contributed by atoms with Crippen LogP contribution in [0.25, 0.3) is 0 Å². The lowest BCUT2D eigenvalue weighted by atomic mass is 10.1. The van der Waals surface area contributed by atoms with Crippen LogP contribution in [0.2, 0.25) is 0 Å². The van der Waals surface area contributed by atoms with Crippen molar-refractivity contribution in [3.05, 3.63) is 129 Å². The molecular formula is C34H41ClN2O5. The smallest absolute Gasteiger partial charge is 0.159 e. The summed E-state index contributed by atoms with van der Waals surface area (Å²) in [4.78, 5) is 20.6. The summed E-state index contributed by atoms with van der Waals surface area (Å²) in [5, 5.41) is 23.0. The van der Waals surface area contributed by atoms with E-state index < -0.39 is 0 Å². The van der Waals surface area contributed by atoms with Gasteiger partial charge < -0.3 is 15.1 Å². The Morgan fingerprint density at radius 1 is 0.714 bits per heavy atom. The Hall–Kier alpha value is -4.17. The van der Waals surface area contributed by atoms with Gasteiger partial charge in [0.15, 0.2) is 5.78 Å². The van der Waals surface area contributed by atoms with Crippen molar-refractivity contribution < 1.29 is 24.7 Å². The molecule has 0 spiro atoms. The van der Waals surface area contributed by atoms with E-state index in [1.54, 1.807) is 25.1 Å². The molecule has 4 N–H and O–H groups in total. The fourth-order valence-electron chi connectivity index (χ4n) is 3.62. The van der Waals surface area contributed by atoms with Crippen molar-refractivity contribution in [1.82, 2.24) is 0 Å². The minimum atomic E-state index is -0.0275. The molecule has 4 rings (SSSR count). The molecule has 4 aromatic rings. The summed E-state index contributed by atoms with van der Waals surface area (Å²) in [7, 11) is 0. The third-order valence-electron chi connectivity index (χ3n) is 6.09. The number of rotatable bonds is 7. The van der Waals surface area contributed by atoms with Crippen molar-refractivity contribution in [1.29, 1.82) is 0 Å². The molecule has 0 unspecified atom stereocenters. The van der Waals surface area contributed by atoms with Gasteiger partial charge in [-0.2, -0.15) is 0 Å². The molecule has 8 heteroatoms. The summed E-state index contributed by atoms with van der Waals surface area (Å²) in [6, 6.07) is 26.6. The monoisotopic (exact) mass is 592 g/mol. The lowest BCUT2D eigenvalue weighted by Crippen LogP contribution is -1.98. The van der Waals surface area contributed by atoms with Gasteiger partial charge in [-0.05, 0) is 75.9 Å². The third kappa shape index (κ3) is 12.6. The molecule has 0 bridgehead atoms. The quantitative estimate of drug-likeness (QED) is 0.115. The summed E-state index contributed by atoms with van der Waals surface area (Å²) in [6.07, 6.45) is 0. The first-order valence-corrected chi connectivity index (χ1v) is 13.2. The zero-order valence-corrected chi connectivity index (χ0v) is 25.9. The number of phenols is 2. The van der Waals surface area contributed by atoms with Crippen molar-refractivity contribution in [3.8, 4) is 11.5 Å². The molecule has 0 saturated carbocycles. The van der Waals surface area contributed by atoms with E-state index in [9.17, 15) is 15.0 Å². The highest BCUT2D eigenvalue weighted by atomic mass is 35.5. The third-order valence-corrected chi connectivity index (χ3v) is 6.09. The van der Waals surface area contributed by atoms with E-state index in [1.807, 2.05) is 82.3 Å². The second-order valence-electron chi connectivity index (χ2n) is 9.80. The highest BCUT2D eigenvalue weighted by Gasteiger charge is 2.03. The van der Waals surface area contributed by atoms with Gasteiger partial charge in [-0.1, -0.05) is 89.1 Å². The fraction of sp³-hybridized carbons (Fsp3) is 0.235. The minimum absolute atomic E-state index is 0. The number of hydrogen-bond donors (Lipinski definition) is 3. The number of halogens is 1. The Labute approximate surface area is 255 Å². The molecule has 0 aliphatic heterocycles. The number of nitrogens with zero attached hydrogens (tertiary/aromatic N) is 1. The van der Waals surface area contributed by atoms with Crippen LogP contribution in [-0.4, -0.2) is 21.7 Å². The topological polar surface area (TPSA) is 114 Å². The second kappa shape index (κ2) is 18.3. The summed E-state index contributed by atoms with van der Waals surface area (Å²) in [5.74, 6) is 5.34. The lowest BCUT2D eigenvalue weighted by molar-refractivity contribution is 0.101. The number of oxime groups is 1. The average Bonchev–Trinajstić information content (AvgIpc) is 2.92. The van der Waals surface area contributed by atoms with Crippen molar-refractivity contribution in [3.63, 3.8) is 0 Å². The standard InChI is InChI=1S/C17H19NO2.C9H10O2.C8H11NO.ClH/c1-12-5-4-6-15(9-12)11-20-18-14(3)16-8-7-13(2)17(19)10-16;1-6-3-4-8(7(2)10)5-9(6)11;1-7-3-2-4-8(5-7)6-10-9;/h4-10,19H,11H2,1-3H3;3-5,11H,1-2H3;2-5H,6,9H2,1H3;1H/b18-14+;;;. The second-order valence-corrected chi connectivity index (χ2v) is 9.80. The average molecular weight is 593 g/mol. The van der Waals surface area contributed by atoms with Gasteiger partial charge in [-0.3, -0.25) is 9.63 Å². The molecule has 0 fully saturated rings. The first-order chi connectivity index (χ1) is 19.5. The molecule has 0 amide bonds. The zero-order chi connectivity index (χ0) is 30.4. The molecule has 0 aromatic heterocycles. The predicted octanol–water partition coefficient (Wildman–Crippen LogP) is 7.66. The summed E-state index contributed by atoms with van der Waals surface area (Å²) in [6.45, 7) is 12.0. The fourth-order valence-corrected chi connectivity index (χ4v) is 3.62. The van der Waals surface area contributed by atoms with Crippen LogP contribution in [0.4, 0.5) is 0 Å². The van der Waals surface area contributed by atoms with Gasteiger partial charge in [0.1, 0.15) is 18.1 Å². The highest BCUT2D eigenvalue weighted by Crippen LogP contribution is 2.19. The molecule has 4 aromatic carbocycles. The van der Waals surface area contributed by atoms with Gasteiger partial charge in [-0.25, -0.2) is 5.90 Å². The van der Waals surface area contributed by atoms with Gasteiger partial charge in [0.25, 0.3) is 0 Å². The maximum absolute atomic E-state index is 10.8. The van der Waals surface area contributed by atoms with E-state index in [0.29, 0.717) is 18.8 Å². The van der Waals surface area contributed by atoms with E-state index in [4.69, 9.17) is 10.7 Å². The van der Waals surface area contributed by atoms with Crippen LogP contribution in [0.5, 0.6) is 11.5 Å². The van der Waals surface area contributed by atoms with Crippen molar-refractivity contribution in [2.75, 3.05) is 0 Å². The normalized spacial score (nSPS) is 10.3. The number of aromatic hydroxyl groups is 2. The van der Waals surface area contributed by atoms with Crippen LogP contribution in [-0.2, 0) is 22.9 Å². The maximum atomic E-state index is 10.8. The molecule has 0 saturated heterocycles. The molecule has 42 heavy (non-hydrogen) atoms. The number of phenolic OH excluding ortho intramolecular Hbond substituents is 2. The summed E-state index contributed by atoms with van der Waals surface area (Å²) in [5.41, 5.74) is 8.43. The van der Waals surface area contributed by atoms with Crippen LogP contribution in [0, 0.1) is 27.7 Å². The zero-order valence-electron chi connectivity index (χ0n) is 25.0. The number of ketones is 1. The van der Waals surface area contributed by atoms with Crippen LogP contribution in [0.1, 0.15) is 63.1 Å². The van der Waals surface area contributed by atoms with Gasteiger partial charge in [0.05, 0.1) is 12.3 Å². The molecule has 0 aliphatic carbocycles. The van der Waals surface area contributed by atoms with Gasteiger partial charge in [0, 0.05) is 11.1 Å². The van der Waals surface area contributed by atoms with Crippen molar-refractivity contribution in [2.45, 2.75) is 54.8 Å². The lowest BCUT2D eigenvalue weighted by Gasteiger charge is -2.05. The Morgan fingerprint density at radius 2 is 1.19 bits per heavy atom. The Bertz CT molecular complexity index is 1470. The molecule has 0 aliphatic rings. The van der Waals surface area contributed by atoms with E-state index >= 15 is 0 Å². The van der Waals surface area contributed by atoms with E-state index in [0.717, 1.165) is 33.5 Å². The molecular weight excluding hydrogens is 552 g/mol. The van der Waals surface area contributed by atoms with Gasteiger partial charge in [0.2, 0.25) is 0 Å². The largest absolute Gasteiger partial charge is 0.508 e. The number of Topliss-reactive ketones (excluding diaryl/α,β-unsaturated/α-hetero) is 1. The maximum Gasteiger partial charge on any atom is 0.159 e. The van der Waals surface area contributed by atoms with E-state index in [-0.39, 0.29) is 29.7 Å². The van der Waals surface area contributed by atoms with E-state index in [2.05, 4.69) is 16.1 Å². The SMILES string of the molecule is C/C(=N\OCc1cccc(C)c1)c1ccc(C)c(O)c1.CC(=O)c1ccc(C)c(O)c1.Cc1cccc(CON)c1.Cl. The van der Waals surface area contributed by atoms with Gasteiger partial charge in [-0.15, -0.1) is 12.4 Å². The summed E-state index contributed by atoms with van der Waals surface area (Å²) >= 11 is 0. The Morgan fingerprint density at radius 3 is 1.64 bits per heavy atom. The van der Waals surface area contributed by atoms with Crippen molar-refractivity contribution >= 4 is 23.9 Å². The van der Waals surface area contributed by atoms with Gasteiger partial charge >= 0.3 is 0 Å². The number of nitrogens with two attached hydrogens (primary N) is 1. The minimum Gasteiger partial charge on any atom is -0.508 e. The van der Waals surface area contributed by atoms with Crippen LogP contribution >= 0.6 is 12.4 Å². The van der Waals surface area contributed by atoms with Crippen molar-refractivity contribution in [2.24, 2.45) is 11.1 Å². The van der Waals surface area contributed by atoms with E-state index in [1.165, 1.54) is 24.1 Å². The number of hydrogen-bond acceptors (Lipinski definition) is 7. The molecule has 0 heterocycles. The Balaban J connectivity index is 0.000000341. The number of benzene rings is 4.